The molecule has 0 fully saturated rings. The van der Waals surface area contributed by atoms with Gasteiger partial charge in [0.2, 0.25) is 0 Å². The molecule has 1 unspecified atom stereocenters. The van der Waals surface area contributed by atoms with Crippen molar-refractivity contribution in [2.24, 2.45) is 0 Å². The molecule has 4 nitrogen and oxygen atoms in total. The Balaban J connectivity index is 1.92. The molecule has 118 valence electrons. The fourth-order valence-corrected chi connectivity index (χ4v) is 2.91. The van der Waals surface area contributed by atoms with Crippen LogP contribution in [0.1, 0.15) is 46.7 Å². The zero-order valence-corrected chi connectivity index (χ0v) is 13.7. The molecule has 4 heteroatoms. The number of carbonyl (C=O) groups is 1. The van der Waals surface area contributed by atoms with Gasteiger partial charge in [0.1, 0.15) is 5.65 Å². The monoisotopic (exact) mass is 307 g/mol. The van der Waals surface area contributed by atoms with E-state index in [2.05, 4.69) is 17.2 Å². The van der Waals surface area contributed by atoms with Crippen molar-refractivity contribution in [2.75, 3.05) is 0 Å². The van der Waals surface area contributed by atoms with Gasteiger partial charge in [0.25, 0.3) is 5.91 Å². The van der Waals surface area contributed by atoms with Gasteiger partial charge in [-0.3, -0.25) is 4.79 Å². The SMILES string of the molecule is CCC(NC(=O)c1ccn2c(C)cc(C)nc12)c1ccccc1. The van der Waals surface area contributed by atoms with Gasteiger partial charge < -0.3 is 9.72 Å². The molecule has 0 aliphatic rings. The van der Waals surface area contributed by atoms with Crippen LogP contribution in [0, 0.1) is 13.8 Å². The van der Waals surface area contributed by atoms with Crippen LogP contribution in [-0.4, -0.2) is 15.3 Å². The average Bonchev–Trinajstić information content (AvgIpc) is 2.97. The number of benzene rings is 1. The molecule has 0 saturated heterocycles. The second-order valence-electron chi connectivity index (χ2n) is 5.81. The highest BCUT2D eigenvalue weighted by Crippen LogP contribution is 2.19. The maximum atomic E-state index is 12.7. The molecule has 1 amide bonds. The van der Waals surface area contributed by atoms with Crippen molar-refractivity contribution in [3.63, 3.8) is 0 Å². The van der Waals surface area contributed by atoms with Gasteiger partial charge in [0, 0.05) is 17.6 Å². The number of fused-ring (bicyclic) bond motifs is 1. The van der Waals surface area contributed by atoms with E-state index in [0.717, 1.165) is 23.4 Å². The fraction of sp³-hybridized carbons (Fsp3) is 0.263. The topological polar surface area (TPSA) is 46.4 Å². The fourth-order valence-electron chi connectivity index (χ4n) is 2.91. The summed E-state index contributed by atoms with van der Waals surface area (Å²) >= 11 is 0. The lowest BCUT2D eigenvalue weighted by atomic mass is 10.0. The molecule has 0 bridgehead atoms. The van der Waals surface area contributed by atoms with Crippen molar-refractivity contribution >= 4 is 11.6 Å². The molecular weight excluding hydrogens is 286 g/mol. The van der Waals surface area contributed by atoms with Gasteiger partial charge in [-0.25, -0.2) is 4.98 Å². The van der Waals surface area contributed by atoms with Gasteiger partial charge in [0.05, 0.1) is 11.6 Å². The number of aromatic nitrogens is 2. The average molecular weight is 307 g/mol. The molecule has 2 heterocycles. The van der Waals surface area contributed by atoms with Gasteiger partial charge in [0.15, 0.2) is 0 Å². The second-order valence-corrected chi connectivity index (χ2v) is 5.81. The number of hydrogen-bond donors (Lipinski definition) is 1. The van der Waals surface area contributed by atoms with Crippen molar-refractivity contribution in [3.8, 4) is 0 Å². The van der Waals surface area contributed by atoms with Crippen LogP contribution in [0.2, 0.25) is 0 Å². The minimum atomic E-state index is -0.0827. The molecule has 1 N–H and O–H groups in total. The molecular formula is C19H21N3O. The predicted octanol–water partition coefficient (Wildman–Crippen LogP) is 3.83. The minimum Gasteiger partial charge on any atom is -0.345 e. The van der Waals surface area contributed by atoms with E-state index in [1.807, 2.05) is 66.9 Å². The predicted molar refractivity (Wildman–Crippen MR) is 91.6 cm³/mol. The lowest BCUT2D eigenvalue weighted by Gasteiger charge is -2.17. The van der Waals surface area contributed by atoms with E-state index >= 15 is 0 Å². The number of hydrogen-bond acceptors (Lipinski definition) is 2. The van der Waals surface area contributed by atoms with Crippen molar-refractivity contribution in [2.45, 2.75) is 33.2 Å². The van der Waals surface area contributed by atoms with E-state index in [1.54, 1.807) is 0 Å². The Bertz CT molecular complexity index is 836. The van der Waals surface area contributed by atoms with Gasteiger partial charge in [-0.1, -0.05) is 37.3 Å². The first-order valence-electron chi connectivity index (χ1n) is 7.91. The first-order valence-corrected chi connectivity index (χ1v) is 7.91. The van der Waals surface area contributed by atoms with Crippen LogP contribution in [0.3, 0.4) is 0 Å². The van der Waals surface area contributed by atoms with E-state index in [-0.39, 0.29) is 11.9 Å². The van der Waals surface area contributed by atoms with Crippen LogP contribution >= 0.6 is 0 Å². The van der Waals surface area contributed by atoms with Gasteiger partial charge in [-0.15, -0.1) is 0 Å². The lowest BCUT2D eigenvalue weighted by molar-refractivity contribution is 0.0937. The van der Waals surface area contributed by atoms with E-state index in [0.29, 0.717) is 11.2 Å². The molecule has 3 aromatic rings. The van der Waals surface area contributed by atoms with E-state index < -0.39 is 0 Å². The van der Waals surface area contributed by atoms with Gasteiger partial charge >= 0.3 is 0 Å². The third kappa shape index (κ3) is 2.97. The second kappa shape index (κ2) is 6.24. The highest BCUT2D eigenvalue weighted by molar-refractivity contribution is 6.00. The summed E-state index contributed by atoms with van der Waals surface area (Å²) in [6.07, 6.45) is 2.74. The number of nitrogens with one attached hydrogen (secondary N) is 1. The Morgan fingerprint density at radius 2 is 1.96 bits per heavy atom. The Kier molecular flexibility index (Phi) is 4.15. The highest BCUT2D eigenvalue weighted by Gasteiger charge is 2.18. The molecule has 23 heavy (non-hydrogen) atoms. The summed E-state index contributed by atoms with van der Waals surface area (Å²) in [5.74, 6) is -0.0827. The highest BCUT2D eigenvalue weighted by atomic mass is 16.1. The lowest BCUT2D eigenvalue weighted by Crippen LogP contribution is -2.28. The Morgan fingerprint density at radius 3 is 2.65 bits per heavy atom. The number of carbonyl (C=O) groups excluding carboxylic acids is 1. The molecule has 1 aromatic carbocycles. The van der Waals surface area contributed by atoms with Crippen LogP contribution in [0.4, 0.5) is 0 Å². The van der Waals surface area contributed by atoms with Gasteiger partial charge in [-0.2, -0.15) is 0 Å². The third-order valence-electron chi connectivity index (χ3n) is 4.10. The number of rotatable bonds is 4. The van der Waals surface area contributed by atoms with Crippen molar-refractivity contribution in [3.05, 3.63) is 71.2 Å². The first kappa shape index (κ1) is 15.3. The Hall–Kier alpha value is -2.62. The van der Waals surface area contributed by atoms with Crippen molar-refractivity contribution in [1.82, 2.24) is 14.7 Å². The standard InChI is InChI=1S/C19H21N3O/c1-4-17(15-8-6-5-7-9-15)21-19(23)16-10-11-22-14(3)12-13(2)20-18(16)22/h5-12,17H,4H2,1-3H3,(H,21,23). The van der Waals surface area contributed by atoms with Crippen LogP contribution in [0.15, 0.2) is 48.7 Å². The van der Waals surface area contributed by atoms with Gasteiger partial charge in [-0.05, 0) is 38.0 Å². The molecule has 0 spiro atoms. The summed E-state index contributed by atoms with van der Waals surface area (Å²) in [6.45, 7) is 6.03. The molecule has 1 atom stereocenters. The van der Waals surface area contributed by atoms with Crippen molar-refractivity contribution < 1.29 is 4.79 Å². The number of nitrogens with zero attached hydrogens (tertiary/aromatic N) is 2. The Morgan fingerprint density at radius 1 is 1.22 bits per heavy atom. The van der Waals surface area contributed by atoms with E-state index in [9.17, 15) is 4.79 Å². The largest absolute Gasteiger partial charge is 0.345 e. The van der Waals surface area contributed by atoms with E-state index in [1.165, 1.54) is 0 Å². The maximum absolute atomic E-state index is 12.7. The zero-order chi connectivity index (χ0) is 16.4. The smallest absolute Gasteiger partial charge is 0.255 e. The summed E-state index contributed by atoms with van der Waals surface area (Å²) < 4.78 is 1.95. The zero-order valence-electron chi connectivity index (χ0n) is 13.7. The number of aryl methyl sites for hydroxylation is 2. The van der Waals surface area contributed by atoms with Crippen LogP contribution in [-0.2, 0) is 0 Å². The Labute approximate surface area is 136 Å². The molecule has 0 radical (unpaired) electrons. The molecule has 0 aliphatic heterocycles. The summed E-state index contributed by atoms with van der Waals surface area (Å²) in [6, 6.07) is 13.9. The molecule has 2 aromatic heterocycles. The third-order valence-corrected chi connectivity index (χ3v) is 4.10. The van der Waals surface area contributed by atoms with E-state index in [4.69, 9.17) is 0 Å². The summed E-state index contributed by atoms with van der Waals surface area (Å²) in [5.41, 5.74) is 4.43. The number of amides is 1. The van der Waals surface area contributed by atoms with Crippen LogP contribution in [0.25, 0.3) is 5.65 Å². The molecule has 3 rings (SSSR count). The summed E-state index contributed by atoms with van der Waals surface area (Å²) in [4.78, 5) is 17.2. The molecule has 0 saturated carbocycles. The minimum absolute atomic E-state index is 0.00422. The first-order chi connectivity index (χ1) is 11.1. The molecule has 0 aliphatic carbocycles. The normalized spacial score (nSPS) is 12.3. The summed E-state index contributed by atoms with van der Waals surface area (Å²) in [5, 5.41) is 3.12. The summed E-state index contributed by atoms with van der Waals surface area (Å²) in [7, 11) is 0. The van der Waals surface area contributed by atoms with Crippen LogP contribution < -0.4 is 5.32 Å². The van der Waals surface area contributed by atoms with Crippen LogP contribution in [0.5, 0.6) is 0 Å². The quantitative estimate of drug-likeness (QED) is 0.796. The van der Waals surface area contributed by atoms with Crippen molar-refractivity contribution in [1.29, 1.82) is 0 Å². The maximum Gasteiger partial charge on any atom is 0.255 e.